The standard InChI is InChI=1S/C15H13NO3/c1-10-2-4-13(7-12(10)9-17)19-15-5-3-11(8-16)6-14(15)18/h2-7,17-18H,9H2,1H3. The van der Waals surface area contributed by atoms with Gasteiger partial charge in [-0.1, -0.05) is 6.07 Å². The number of aryl methyl sites for hydroxylation is 1. The zero-order chi connectivity index (χ0) is 13.8. The van der Waals surface area contributed by atoms with Gasteiger partial charge >= 0.3 is 0 Å². The average Bonchev–Trinajstić information content (AvgIpc) is 2.43. The molecule has 0 aliphatic carbocycles. The molecule has 2 rings (SSSR count). The highest BCUT2D eigenvalue weighted by Crippen LogP contribution is 2.32. The number of phenolic OH excluding ortho intramolecular Hbond substituents is 1. The first-order valence-corrected chi connectivity index (χ1v) is 5.75. The van der Waals surface area contributed by atoms with Gasteiger partial charge in [0.15, 0.2) is 11.5 Å². The van der Waals surface area contributed by atoms with Crippen LogP contribution in [0.1, 0.15) is 16.7 Å². The van der Waals surface area contributed by atoms with Crippen molar-refractivity contribution in [3.63, 3.8) is 0 Å². The lowest BCUT2D eigenvalue weighted by atomic mass is 10.1. The fraction of sp³-hybridized carbons (Fsp3) is 0.133. The van der Waals surface area contributed by atoms with Crippen molar-refractivity contribution in [1.82, 2.24) is 0 Å². The second-order valence-corrected chi connectivity index (χ2v) is 4.14. The smallest absolute Gasteiger partial charge is 0.169 e. The number of hydrogen-bond acceptors (Lipinski definition) is 4. The van der Waals surface area contributed by atoms with E-state index in [1.165, 1.54) is 12.1 Å². The van der Waals surface area contributed by atoms with Crippen LogP contribution < -0.4 is 4.74 Å². The monoisotopic (exact) mass is 255 g/mol. The molecule has 2 N–H and O–H groups in total. The Kier molecular flexibility index (Phi) is 3.69. The van der Waals surface area contributed by atoms with Crippen molar-refractivity contribution in [3.05, 3.63) is 53.1 Å². The molecule has 4 nitrogen and oxygen atoms in total. The van der Waals surface area contributed by atoms with Crippen LogP contribution in [0.5, 0.6) is 17.2 Å². The van der Waals surface area contributed by atoms with E-state index in [2.05, 4.69) is 0 Å². The molecule has 0 spiro atoms. The van der Waals surface area contributed by atoms with Crippen molar-refractivity contribution in [2.75, 3.05) is 0 Å². The molecule has 19 heavy (non-hydrogen) atoms. The molecule has 0 aliphatic rings. The molecular formula is C15H13NO3. The van der Waals surface area contributed by atoms with Gasteiger partial charge in [-0.2, -0.15) is 5.26 Å². The lowest BCUT2D eigenvalue weighted by Crippen LogP contribution is -1.91. The second-order valence-electron chi connectivity index (χ2n) is 4.14. The van der Waals surface area contributed by atoms with Crippen LogP contribution in [-0.4, -0.2) is 10.2 Å². The predicted octanol–water partition coefficient (Wildman–Crippen LogP) is 2.86. The summed E-state index contributed by atoms with van der Waals surface area (Å²) >= 11 is 0. The Bertz CT molecular complexity index is 644. The van der Waals surface area contributed by atoms with E-state index in [9.17, 15) is 10.2 Å². The topological polar surface area (TPSA) is 73.5 Å². The van der Waals surface area contributed by atoms with Gasteiger partial charge in [0.25, 0.3) is 0 Å². The number of phenols is 1. The van der Waals surface area contributed by atoms with Crippen molar-refractivity contribution in [1.29, 1.82) is 5.26 Å². The first kappa shape index (κ1) is 12.9. The largest absolute Gasteiger partial charge is 0.504 e. The maximum atomic E-state index is 9.74. The van der Waals surface area contributed by atoms with Crippen molar-refractivity contribution >= 4 is 0 Å². The molecule has 0 heterocycles. The minimum Gasteiger partial charge on any atom is -0.504 e. The Morgan fingerprint density at radius 1 is 1.21 bits per heavy atom. The Balaban J connectivity index is 2.29. The van der Waals surface area contributed by atoms with E-state index < -0.39 is 0 Å². The SMILES string of the molecule is Cc1ccc(Oc2ccc(C#N)cc2O)cc1CO. The summed E-state index contributed by atoms with van der Waals surface area (Å²) in [6.45, 7) is 1.83. The minimum absolute atomic E-state index is 0.0671. The molecule has 0 saturated heterocycles. The van der Waals surface area contributed by atoms with Gasteiger partial charge in [-0.05, 0) is 42.3 Å². The van der Waals surface area contributed by atoms with Crippen LogP contribution in [0.4, 0.5) is 0 Å². The highest BCUT2D eigenvalue weighted by Gasteiger charge is 2.06. The Morgan fingerprint density at radius 2 is 2.00 bits per heavy atom. The predicted molar refractivity (Wildman–Crippen MR) is 70.0 cm³/mol. The molecule has 4 heteroatoms. The highest BCUT2D eigenvalue weighted by atomic mass is 16.5. The second kappa shape index (κ2) is 5.42. The number of aliphatic hydroxyl groups is 1. The highest BCUT2D eigenvalue weighted by molar-refractivity contribution is 5.48. The molecule has 0 saturated carbocycles. The van der Waals surface area contributed by atoms with Crippen LogP contribution in [0.25, 0.3) is 0 Å². The molecule has 0 atom stereocenters. The summed E-state index contributed by atoms with van der Waals surface area (Å²) in [5.41, 5.74) is 2.11. The van der Waals surface area contributed by atoms with E-state index in [0.717, 1.165) is 11.1 Å². The summed E-state index contributed by atoms with van der Waals surface area (Å²) in [7, 11) is 0. The van der Waals surface area contributed by atoms with E-state index >= 15 is 0 Å². The fourth-order valence-corrected chi connectivity index (χ4v) is 1.68. The van der Waals surface area contributed by atoms with Crippen LogP contribution in [0.3, 0.4) is 0 Å². The Labute approximate surface area is 111 Å². The van der Waals surface area contributed by atoms with E-state index in [1.54, 1.807) is 18.2 Å². The van der Waals surface area contributed by atoms with E-state index in [-0.39, 0.29) is 18.1 Å². The molecule has 0 amide bonds. The number of hydrogen-bond donors (Lipinski definition) is 2. The van der Waals surface area contributed by atoms with Gasteiger partial charge in [0.2, 0.25) is 0 Å². The van der Waals surface area contributed by atoms with Crippen LogP contribution >= 0.6 is 0 Å². The molecule has 0 fully saturated rings. The average molecular weight is 255 g/mol. The molecule has 0 aliphatic heterocycles. The molecule has 2 aromatic carbocycles. The van der Waals surface area contributed by atoms with Gasteiger partial charge < -0.3 is 14.9 Å². The zero-order valence-corrected chi connectivity index (χ0v) is 10.4. The maximum absolute atomic E-state index is 9.74. The summed E-state index contributed by atoms with van der Waals surface area (Å²) in [4.78, 5) is 0. The number of benzene rings is 2. The lowest BCUT2D eigenvalue weighted by molar-refractivity contribution is 0.280. The number of nitriles is 1. The van der Waals surface area contributed by atoms with Gasteiger partial charge in [0.1, 0.15) is 5.75 Å². The summed E-state index contributed by atoms with van der Waals surface area (Å²) in [5, 5.41) is 27.6. The summed E-state index contributed by atoms with van der Waals surface area (Å²) < 4.78 is 5.54. The van der Waals surface area contributed by atoms with Gasteiger partial charge in [-0.3, -0.25) is 0 Å². The maximum Gasteiger partial charge on any atom is 0.169 e. The Hall–Kier alpha value is -2.51. The summed E-state index contributed by atoms with van der Waals surface area (Å²) in [6.07, 6.45) is 0. The first-order valence-electron chi connectivity index (χ1n) is 5.75. The normalized spacial score (nSPS) is 9.95. The van der Waals surface area contributed by atoms with Crippen molar-refractivity contribution < 1.29 is 14.9 Å². The molecule has 0 unspecified atom stereocenters. The van der Waals surface area contributed by atoms with Crippen molar-refractivity contribution in [2.45, 2.75) is 13.5 Å². The zero-order valence-electron chi connectivity index (χ0n) is 10.4. The van der Waals surface area contributed by atoms with Crippen LogP contribution in [0.15, 0.2) is 36.4 Å². The van der Waals surface area contributed by atoms with Gasteiger partial charge in [-0.15, -0.1) is 0 Å². The number of aliphatic hydroxyl groups excluding tert-OH is 1. The van der Waals surface area contributed by atoms with Crippen LogP contribution in [0, 0.1) is 18.3 Å². The van der Waals surface area contributed by atoms with E-state index in [0.29, 0.717) is 11.3 Å². The van der Waals surface area contributed by atoms with Crippen LogP contribution in [-0.2, 0) is 6.61 Å². The van der Waals surface area contributed by atoms with Gasteiger partial charge in [0, 0.05) is 6.07 Å². The molecule has 96 valence electrons. The molecule has 0 bridgehead atoms. The quantitative estimate of drug-likeness (QED) is 0.884. The minimum atomic E-state index is -0.0924. The summed E-state index contributed by atoms with van der Waals surface area (Å²) in [6, 6.07) is 11.7. The van der Waals surface area contributed by atoms with Crippen LogP contribution in [0.2, 0.25) is 0 Å². The van der Waals surface area contributed by atoms with Crippen molar-refractivity contribution in [2.24, 2.45) is 0 Å². The molecule has 2 aromatic rings. The summed E-state index contributed by atoms with van der Waals surface area (Å²) in [5.74, 6) is 0.701. The lowest BCUT2D eigenvalue weighted by Gasteiger charge is -2.10. The number of nitrogens with zero attached hydrogens (tertiary/aromatic N) is 1. The number of aromatic hydroxyl groups is 1. The molecule has 0 aromatic heterocycles. The molecular weight excluding hydrogens is 242 g/mol. The molecule has 0 radical (unpaired) electrons. The van der Waals surface area contributed by atoms with E-state index in [1.807, 2.05) is 19.1 Å². The third-order valence-corrected chi connectivity index (χ3v) is 2.81. The fourth-order valence-electron chi connectivity index (χ4n) is 1.68. The third-order valence-electron chi connectivity index (χ3n) is 2.81. The van der Waals surface area contributed by atoms with Gasteiger partial charge in [-0.25, -0.2) is 0 Å². The first-order chi connectivity index (χ1) is 9.13. The Morgan fingerprint density at radius 3 is 2.63 bits per heavy atom. The van der Waals surface area contributed by atoms with Crippen molar-refractivity contribution in [3.8, 4) is 23.3 Å². The van der Waals surface area contributed by atoms with E-state index in [4.69, 9.17) is 10.00 Å². The third kappa shape index (κ3) is 2.84. The number of ether oxygens (including phenoxy) is 1. The number of rotatable bonds is 3. The van der Waals surface area contributed by atoms with Gasteiger partial charge in [0.05, 0.1) is 18.2 Å².